The van der Waals surface area contributed by atoms with Gasteiger partial charge in [-0.2, -0.15) is 10.2 Å². The molecule has 5 heterocycles. The summed E-state index contributed by atoms with van der Waals surface area (Å²) in [5.41, 5.74) is 6.38. The molecule has 1 saturated heterocycles. The minimum atomic E-state index is -3.19. The molecule has 2 N–H and O–H groups in total. The number of aliphatic hydroxyl groups is 1. The predicted molar refractivity (Wildman–Crippen MR) is 259 cm³/mol. The first-order valence-electron chi connectivity index (χ1n) is 23.2. The first kappa shape index (κ1) is 44.3. The molecular weight excluding hydrogens is 861 g/mol. The topological polar surface area (TPSA) is 156 Å². The van der Waals surface area contributed by atoms with Crippen LogP contribution in [-0.2, 0) is 49.0 Å². The monoisotopic (exact) mass is 914 g/mol. The summed E-state index contributed by atoms with van der Waals surface area (Å²) >= 11 is 0. The Bertz CT molecular complexity index is 2810. The third-order valence-corrected chi connectivity index (χ3v) is 16.8. The largest absolute Gasteiger partial charge is 0.432 e. The normalized spacial score (nSPS) is 23.9. The van der Waals surface area contributed by atoms with Gasteiger partial charge in [-0.25, -0.2) is 10.0 Å². The molecule has 5 atom stereocenters. The number of hydrogen-bond donors (Lipinski definition) is 2. The number of aliphatic hydroxyl groups excluding tert-OH is 1. The Balaban J connectivity index is 1.01. The van der Waals surface area contributed by atoms with E-state index in [1.54, 1.807) is 15.9 Å². The first-order chi connectivity index (χ1) is 32.3. The molecule has 13 nitrogen and oxygen atoms in total. The number of carbonyl (C=O) groups excluding carboxylic acids is 4. The van der Waals surface area contributed by atoms with Crippen LogP contribution in [0.4, 0.5) is 17.1 Å². The van der Waals surface area contributed by atoms with Gasteiger partial charge in [0.25, 0.3) is 5.91 Å². The predicted octanol–water partition coefficient (Wildman–Crippen LogP) is 7.43. The molecule has 4 amide bonds. The Morgan fingerprint density at radius 3 is 1.91 bits per heavy atom. The average molecular weight is 915 g/mol. The van der Waals surface area contributed by atoms with Gasteiger partial charge in [-0.15, -0.1) is 0 Å². The molecule has 10 rings (SSSR count). The highest BCUT2D eigenvalue weighted by atomic mass is 28.4. The molecule has 5 aliphatic rings. The number of ether oxygens (including phenoxy) is 1. The lowest BCUT2D eigenvalue weighted by molar-refractivity contribution is -0.151. The van der Waals surface area contributed by atoms with Crippen molar-refractivity contribution in [1.82, 2.24) is 4.90 Å². The van der Waals surface area contributed by atoms with E-state index < -0.39 is 37.5 Å². The highest BCUT2D eigenvalue weighted by Gasteiger charge is 2.66. The van der Waals surface area contributed by atoms with Crippen molar-refractivity contribution in [2.24, 2.45) is 16.1 Å². The van der Waals surface area contributed by atoms with Gasteiger partial charge in [0, 0.05) is 49.3 Å². The number of rotatable bonds is 10. The van der Waals surface area contributed by atoms with Crippen LogP contribution < -0.4 is 14.9 Å². The van der Waals surface area contributed by atoms with Crippen molar-refractivity contribution in [2.45, 2.75) is 94.9 Å². The van der Waals surface area contributed by atoms with Crippen LogP contribution in [0.15, 0.2) is 138 Å². The van der Waals surface area contributed by atoms with E-state index in [1.807, 2.05) is 141 Å². The summed E-state index contributed by atoms with van der Waals surface area (Å²) in [4.78, 5) is 72.5. The number of anilines is 3. The number of hydrogen-bond acceptors (Lipinski definition) is 9. The van der Waals surface area contributed by atoms with Gasteiger partial charge in [0.05, 0.1) is 60.2 Å². The van der Waals surface area contributed by atoms with Crippen molar-refractivity contribution in [3.8, 4) is 0 Å². The lowest BCUT2D eigenvalue weighted by Crippen LogP contribution is -2.48. The first-order valence-corrected chi connectivity index (χ1v) is 26.2. The quantitative estimate of drug-likeness (QED) is 0.138. The Hall–Kier alpha value is -6.58. The molecule has 342 valence electrons. The van der Waals surface area contributed by atoms with Crippen LogP contribution in [-0.4, -0.2) is 76.9 Å². The molecule has 1 spiro atoms. The Labute approximate surface area is 391 Å². The maximum Gasteiger partial charge on any atom is 0.264 e. The van der Waals surface area contributed by atoms with Crippen molar-refractivity contribution in [3.05, 3.63) is 161 Å². The molecule has 0 aliphatic carbocycles. The summed E-state index contributed by atoms with van der Waals surface area (Å²) in [6.07, 6.45) is 1.18. The Morgan fingerprint density at radius 1 is 0.746 bits per heavy atom. The molecule has 5 aliphatic heterocycles. The molecule has 67 heavy (non-hydrogen) atoms. The maximum atomic E-state index is 15.6. The van der Waals surface area contributed by atoms with Crippen LogP contribution in [0.5, 0.6) is 0 Å². The van der Waals surface area contributed by atoms with Gasteiger partial charge in [-0.1, -0.05) is 104 Å². The van der Waals surface area contributed by atoms with Crippen molar-refractivity contribution in [3.63, 3.8) is 0 Å². The van der Waals surface area contributed by atoms with Gasteiger partial charge in [0.2, 0.25) is 17.7 Å². The van der Waals surface area contributed by atoms with E-state index in [9.17, 15) is 24.3 Å². The van der Waals surface area contributed by atoms with E-state index in [1.165, 1.54) is 10.0 Å². The van der Waals surface area contributed by atoms with Crippen LogP contribution in [0.25, 0.3) is 0 Å². The molecule has 0 bridgehead atoms. The number of amides is 4. The molecule has 0 radical (unpaired) electrons. The summed E-state index contributed by atoms with van der Waals surface area (Å²) in [5, 5.41) is 22.9. The number of carbonyl (C=O) groups is 4. The number of nitrogens with zero attached hydrogens (tertiary/aromatic N) is 6. The minimum absolute atomic E-state index is 0.102. The molecular formula is C53H54N6O7Si. The highest BCUT2D eigenvalue weighted by molar-refractivity contribution is 6.71. The third-order valence-electron chi connectivity index (χ3n) is 14.3. The van der Waals surface area contributed by atoms with Crippen molar-refractivity contribution < 1.29 is 33.8 Å². The minimum Gasteiger partial charge on any atom is -0.432 e. The fraction of sp³-hybridized carbons (Fsp3) is 0.321. The molecule has 14 heteroatoms. The maximum absolute atomic E-state index is 15.6. The van der Waals surface area contributed by atoms with E-state index in [4.69, 9.17) is 14.9 Å². The van der Waals surface area contributed by atoms with E-state index in [0.29, 0.717) is 54.9 Å². The smallest absolute Gasteiger partial charge is 0.264 e. The number of benzene rings is 5. The van der Waals surface area contributed by atoms with Gasteiger partial charge in [-0.05, 0) is 77.7 Å². The van der Waals surface area contributed by atoms with Crippen molar-refractivity contribution >= 4 is 60.4 Å². The lowest BCUT2D eigenvalue weighted by atomic mass is 9.82. The lowest BCUT2D eigenvalue weighted by Gasteiger charge is -2.37. The fourth-order valence-corrected chi connectivity index (χ4v) is 13.5. The zero-order valence-electron chi connectivity index (χ0n) is 37.9. The zero-order valence-corrected chi connectivity index (χ0v) is 38.9. The third kappa shape index (κ3) is 8.01. The molecule has 0 unspecified atom stereocenters. The van der Waals surface area contributed by atoms with E-state index >= 15 is 4.79 Å². The highest BCUT2D eigenvalue weighted by Crippen LogP contribution is 2.60. The molecule has 1 fully saturated rings. The van der Waals surface area contributed by atoms with E-state index in [0.717, 1.165) is 39.2 Å². The van der Waals surface area contributed by atoms with Crippen LogP contribution in [0, 0.1) is 5.92 Å². The second kappa shape index (κ2) is 17.6. The van der Waals surface area contributed by atoms with Crippen LogP contribution in [0.3, 0.4) is 0 Å². The van der Waals surface area contributed by atoms with Gasteiger partial charge in [-0.3, -0.25) is 19.2 Å². The van der Waals surface area contributed by atoms with Crippen molar-refractivity contribution in [2.75, 3.05) is 21.5 Å². The second-order valence-electron chi connectivity index (χ2n) is 18.9. The summed E-state index contributed by atoms with van der Waals surface area (Å²) in [6, 6.07) is 39.9. The van der Waals surface area contributed by atoms with Gasteiger partial charge in [0.1, 0.15) is 0 Å². The molecule has 0 aromatic heterocycles. The van der Waals surface area contributed by atoms with Gasteiger partial charge < -0.3 is 24.4 Å². The zero-order chi connectivity index (χ0) is 46.6. The summed E-state index contributed by atoms with van der Waals surface area (Å²) in [7, 11) is -3.19. The van der Waals surface area contributed by atoms with Crippen molar-refractivity contribution in [1.29, 1.82) is 0 Å². The standard InChI is InChI=1S/C53H54N6O7Si/c1-34-51(67(2,3)65)47(30-50(63)56-32-39-17-11-10-16-38(39)28-42(56)33-60)66-53(34)43-29-41(59-49(62)27-24-45(55-59)37-14-8-5-9-15-37)22-25-46(43)57(52(53)64)31-35-18-20-40(21-19-35)58-48(61)26-23-44(54-58)36-12-6-4-7-13-36/h4-22,25,29,34,42,47,51,60,65H,23-24,26-28,30-33H2,1-3H3/t34-,42+,47+,51-,53+/m1/s1. The second-order valence-corrected chi connectivity index (χ2v) is 22.9. The summed E-state index contributed by atoms with van der Waals surface area (Å²) < 4.78 is 7.16. The Morgan fingerprint density at radius 2 is 1.31 bits per heavy atom. The van der Waals surface area contributed by atoms with E-state index in [2.05, 4.69) is 0 Å². The molecule has 0 saturated carbocycles. The SMILES string of the molecule is C[C@@H]1[C@@H]([Si](C)(C)O)[C@H](CC(=O)N2Cc3ccccc3C[C@H]2CO)O[C@@]12C(=O)N(Cc1ccc(N3N=C(c4ccccc4)CCC3=O)cc1)c1ccc(N3N=C(c4ccccc4)CCC3=O)cc12. The summed E-state index contributed by atoms with van der Waals surface area (Å²) in [5.74, 6) is -1.45. The van der Waals surface area contributed by atoms with Gasteiger partial charge >= 0.3 is 0 Å². The molecule has 5 aromatic carbocycles. The Kier molecular flexibility index (Phi) is 11.6. The molecule has 5 aromatic rings. The fourth-order valence-electron chi connectivity index (χ4n) is 11.0. The number of hydrazone groups is 2. The van der Waals surface area contributed by atoms with Crippen LogP contribution in [0.1, 0.15) is 72.4 Å². The van der Waals surface area contributed by atoms with Gasteiger partial charge in [0.15, 0.2) is 13.9 Å². The van der Waals surface area contributed by atoms with Crippen LogP contribution in [0.2, 0.25) is 18.6 Å². The van der Waals surface area contributed by atoms with Crippen LogP contribution >= 0.6 is 0 Å². The average Bonchev–Trinajstić information content (AvgIpc) is 3.77. The van der Waals surface area contributed by atoms with E-state index in [-0.39, 0.29) is 49.6 Å². The summed E-state index contributed by atoms with van der Waals surface area (Å²) in [6.45, 7) is 5.85. The number of fused-ring (bicyclic) bond motifs is 3.